The van der Waals surface area contributed by atoms with E-state index in [4.69, 9.17) is 0 Å². The third-order valence-electron chi connectivity index (χ3n) is 4.59. The second-order valence-corrected chi connectivity index (χ2v) is 6.32. The molecule has 0 aliphatic carbocycles. The zero-order valence-corrected chi connectivity index (χ0v) is 13.2. The normalized spacial score (nSPS) is 20.0. The molecule has 1 fully saturated rings. The van der Waals surface area contributed by atoms with Crippen molar-refractivity contribution in [2.24, 2.45) is 5.92 Å². The van der Waals surface area contributed by atoms with Crippen LogP contribution in [-0.2, 0) is 11.3 Å². The number of nitrogens with zero attached hydrogens (tertiary/aromatic N) is 2. The summed E-state index contributed by atoms with van der Waals surface area (Å²) in [5.74, 6) is -0.333. The Hall–Kier alpha value is -1.39. The largest absolute Gasteiger partial charge is 0.389 e. The zero-order valence-electron chi connectivity index (χ0n) is 13.2. The van der Waals surface area contributed by atoms with E-state index < -0.39 is 5.60 Å². The molecule has 1 aliphatic heterocycles. The van der Waals surface area contributed by atoms with Crippen LogP contribution >= 0.6 is 0 Å². The van der Waals surface area contributed by atoms with Gasteiger partial charge in [-0.3, -0.25) is 9.69 Å². The van der Waals surface area contributed by atoms with E-state index in [1.807, 2.05) is 25.1 Å². The van der Waals surface area contributed by atoms with Gasteiger partial charge in [0.05, 0.1) is 11.5 Å². The fourth-order valence-corrected chi connectivity index (χ4v) is 2.99. The van der Waals surface area contributed by atoms with Gasteiger partial charge in [0.2, 0.25) is 5.91 Å². The summed E-state index contributed by atoms with van der Waals surface area (Å²) >= 11 is 0. The van der Waals surface area contributed by atoms with Gasteiger partial charge in [-0.15, -0.1) is 0 Å². The van der Waals surface area contributed by atoms with Crippen LogP contribution in [0.25, 0.3) is 0 Å². The first-order chi connectivity index (χ1) is 9.92. The van der Waals surface area contributed by atoms with Crippen LogP contribution in [0, 0.1) is 5.92 Å². The van der Waals surface area contributed by atoms with Crippen molar-refractivity contribution in [1.29, 1.82) is 0 Å². The van der Waals surface area contributed by atoms with E-state index in [0.717, 1.165) is 19.6 Å². The zero-order chi connectivity index (χ0) is 15.5. The molecule has 1 heterocycles. The first kappa shape index (κ1) is 16.0. The molecule has 1 aromatic rings. The van der Waals surface area contributed by atoms with Gasteiger partial charge in [-0.2, -0.15) is 0 Å². The highest BCUT2D eigenvalue weighted by molar-refractivity contribution is 5.79. The number of amides is 1. The second-order valence-electron chi connectivity index (χ2n) is 6.32. The second kappa shape index (κ2) is 6.58. The molecule has 1 amide bonds. The smallest absolute Gasteiger partial charge is 0.227 e. The van der Waals surface area contributed by atoms with Gasteiger partial charge >= 0.3 is 0 Å². The molecule has 0 saturated carbocycles. The van der Waals surface area contributed by atoms with Gasteiger partial charge in [-0.1, -0.05) is 37.3 Å². The molecule has 0 spiro atoms. The Bertz CT molecular complexity index is 465. The molecule has 1 aliphatic rings. The maximum absolute atomic E-state index is 12.1. The van der Waals surface area contributed by atoms with E-state index in [9.17, 15) is 9.90 Å². The van der Waals surface area contributed by atoms with Crippen molar-refractivity contribution in [1.82, 2.24) is 9.80 Å². The van der Waals surface area contributed by atoms with Crippen molar-refractivity contribution in [3.63, 3.8) is 0 Å². The van der Waals surface area contributed by atoms with E-state index in [1.165, 1.54) is 5.56 Å². The van der Waals surface area contributed by atoms with Crippen LogP contribution in [0.4, 0.5) is 0 Å². The van der Waals surface area contributed by atoms with Crippen molar-refractivity contribution < 1.29 is 9.90 Å². The Morgan fingerprint density at radius 3 is 2.38 bits per heavy atom. The Morgan fingerprint density at radius 1 is 1.29 bits per heavy atom. The number of aliphatic hydroxyl groups is 1. The van der Waals surface area contributed by atoms with Crippen molar-refractivity contribution in [3.8, 4) is 0 Å². The van der Waals surface area contributed by atoms with E-state index in [0.29, 0.717) is 12.8 Å². The number of hydrogen-bond donors (Lipinski definition) is 1. The number of carbonyl (C=O) groups is 1. The Kier molecular flexibility index (Phi) is 5.01. The SMILES string of the molecule is CC(C(=O)N(C)C)C1(O)CCN(Cc2ccccc2)CC1. The fourth-order valence-electron chi connectivity index (χ4n) is 2.99. The Morgan fingerprint density at radius 2 is 1.86 bits per heavy atom. The lowest BCUT2D eigenvalue weighted by molar-refractivity contribution is -0.145. The summed E-state index contributed by atoms with van der Waals surface area (Å²) in [7, 11) is 3.49. The summed E-state index contributed by atoms with van der Waals surface area (Å²) in [6.07, 6.45) is 1.31. The van der Waals surface area contributed by atoms with Gasteiger partial charge in [0.25, 0.3) is 0 Å². The molecule has 1 saturated heterocycles. The monoisotopic (exact) mass is 290 g/mol. The number of carbonyl (C=O) groups excluding carboxylic acids is 1. The molecule has 4 nitrogen and oxygen atoms in total. The van der Waals surface area contributed by atoms with Gasteiger partial charge in [-0.05, 0) is 18.4 Å². The third-order valence-corrected chi connectivity index (χ3v) is 4.59. The predicted octanol–water partition coefficient (Wildman–Crippen LogP) is 1.74. The Balaban J connectivity index is 1.91. The van der Waals surface area contributed by atoms with Crippen molar-refractivity contribution >= 4 is 5.91 Å². The number of hydrogen-bond acceptors (Lipinski definition) is 3. The number of benzene rings is 1. The maximum atomic E-state index is 12.1. The van der Waals surface area contributed by atoms with Crippen molar-refractivity contribution in [3.05, 3.63) is 35.9 Å². The van der Waals surface area contributed by atoms with Gasteiger partial charge in [0.1, 0.15) is 0 Å². The van der Waals surface area contributed by atoms with Gasteiger partial charge in [0.15, 0.2) is 0 Å². The molecule has 0 aromatic heterocycles. The van der Waals surface area contributed by atoms with E-state index in [1.54, 1.807) is 19.0 Å². The molecule has 1 atom stereocenters. The first-order valence-electron chi connectivity index (χ1n) is 7.62. The lowest BCUT2D eigenvalue weighted by Crippen LogP contribution is -2.51. The lowest BCUT2D eigenvalue weighted by atomic mass is 9.79. The van der Waals surface area contributed by atoms with Crippen molar-refractivity contribution in [2.75, 3.05) is 27.2 Å². The third kappa shape index (κ3) is 3.83. The van der Waals surface area contributed by atoms with E-state index in [-0.39, 0.29) is 11.8 Å². The summed E-state index contributed by atoms with van der Waals surface area (Å²) < 4.78 is 0. The average molecular weight is 290 g/mol. The topological polar surface area (TPSA) is 43.8 Å². The summed E-state index contributed by atoms with van der Waals surface area (Å²) in [5, 5.41) is 10.8. The molecule has 0 radical (unpaired) electrons. The highest BCUT2D eigenvalue weighted by Gasteiger charge is 2.41. The van der Waals surface area contributed by atoms with Crippen LogP contribution in [0.2, 0.25) is 0 Å². The average Bonchev–Trinajstić information content (AvgIpc) is 2.49. The molecular formula is C17H26N2O2. The van der Waals surface area contributed by atoms with Crippen LogP contribution in [0.15, 0.2) is 30.3 Å². The number of rotatable bonds is 4. The minimum absolute atomic E-state index is 0.00834. The van der Waals surface area contributed by atoms with Crippen molar-refractivity contribution in [2.45, 2.75) is 31.9 Å². The van der Waals surface area contributed by atoms with Crippen LogP contribution in [0.3, 0.4) is 0 Å². The minimum Gasteiger partial charge on any atom is -0.389 e. The summed E-state index contributed by atoms with van der Waals surface area (Å²) in [6, 6.07) is 10.4. The maximum Gasteiger partial charge on any atom is 0.227 e. The van der Waals surface area contributed by atoms with Gasteiger partial charge < -0.3 is 10.0 Å². The fraction of sp³-hybridized carbons (Fsp3) is 0.588. The molecule has 0 bridgehead atoms. The molecule has 116 valence electrons. The number of piperidine rings is 1. The minimum atomic E-state index is -0.867. The van der Waals surface area contributed by atoms with E-state index in [2.05, 4.69) is 17.0 Å². The molecule has 1 N–H and O–H groups in total. The molecule has 1 aromatic carbocycles. The van der Waals surface area contributed by atoms with Crippen LogP contribution < -0.4 is 0 Å². The standard InChI is InChI=1S/C17H26N2O2/c1-14(16(20)18(2)3)17(21)9-11-19(12-10-17)13-15-7-5-4-6-8-15/h4-8,14,21H,9-13H2,1-3H3. The summed E-state index contributed by atoms with van der Waals surface area (Å²) in [4.78, 5) is 16.0. The van der Waals surface area contributed by atoms with Gasteiger partial charge in [-0.25, -0.2) is 0 Å². The molecule has 1 unspecified atom stereocenters. The van der Waals surface area contributed by atoms with Gasteiger partial charge in [0, 0.05) is 33.7 Å². The van der Waals surface area contributed by atoms with Crippen LogP contribution in [-0.4, -0.2) is 53.6 Å². The quantitative estimate of drug-likeness (QED) is 0.918. The summed E-state index contributed by atoms with van der Waals surface area (Å²) in [6.45, 7) is 4.41. The molecule has 2 rings (SSSR count). The highest BCUT2D eigenvalue weighted by Crippen LogP contribution is 2.31. The molecule has 21 heavy (non-hydrogen) atoms. The van der Waals surface area contributed by atoms with Crippen LogP contribution in [0.5, 0.6) is 0 Å². The first-order valence-corrected chi connectivity index (χ1v) is 7.62. The highest BCUT2D eigenvalue weighted by atomic mass is 16.3. The van der Waals surface area contributed by atoms with E-state index >= 15 is 0 Å². The number of likely N-dealkylation sites (tertiary alicyclic amines) is 1. The van der Waals surface area contributed by atoms with Crippen LogP contribution in [0.1, 0.15) is 25.3 Å². The predicted molar refractivity (Wildman–Crippen MR) is 83.8 cm³/mol. The molecular weight excluding hydrogens is 264 g/mol. The Labute approximate surface area is 127 Å². The lowest BCUT2D eigenvalue weighted by Gasteiger charge is -2.41. The summed E-state index contributed by atoms with van der Waals surface area (Å²) in [5.41, 5.74) is 0.425. The molecule has 4 heteroatoms.